The van der Waals surface area contributed by atoms with Gasteiger partial charge in [0.25, 0.3) is 0 Å². The van der Waals surface area contributed by atoms with Crippen LogP contribution in [-0.2, 0) is 20.0 Å². The summed E-state index contributed by atoms with van der Waals surface area (Å²) in [6, 6.07) is 36.6. The molecule has 0 bridgehead atoms. The zero-order valence-corrected chi connectivity index (χ0v) is 22.6. The molecule has 0 saturated carbocycles. The van der Waals surface area contributed by atoms with Crippen LogP contribution in [0.3, 0.4) is 0 Å². The summed E-state index contributed by atoms with van der Waals surface area (Å²) in [6.45, 7) is 4.19. The molecule has 1 fully saturated rings. The maximum absolute atomic E-state index is 6.43. The van der Waals surface area contributed by atoms with E-state index < -0.39 is 5.79 Å². The van der Waals surface area contributed by atoms with Gasteiger partial charge in [0.15, 0.2) is 0 Å². The van der Waals surface area contributed by atoms with E-state index >= 15 is 0 Å². The van der Waals surface area contributed by atoms with Crippen molar-refractivity contribution in [3.8, 4) is 0 Å². The second-order valence-electron chi connectivity index (χ2n) is 8.26. The zero-order chi connectivity index (χ0) is 23.9. The number of aryl methyl sites for hydroxylation is 1. The molecule has 5 heteroatoms. The number of hydrogen-bond donors (Lipinski definition) is 0. The van der Waals surface area contributed by atoms with Crippen LogP contribution < -0.4 is 21.2 Å². The van der Waals surface area contributed by atoms with E-state index in [1.54, 1.807) is 11.8 Å². The minimum absolute atomic E-state index is 0.231. The van der Waals surface area contributed by atoms with Crippen molar-refractivity contribution in [1.82, 2.24) is 0 Å². The molecule has 1 aliphatic heterocycles. The molecule has 0 aliphatic carbocycles. The second kappa shape index (κ2) is 11.7. The fourth-order valence-corrected chi connectivity index (χ4v) is 6.95. The third kappa shape index (κ3) is 6.16. The van der Waals surface area contributed by atoms with Gasteiger partial charge in [-0.2, -0.15) is 0 Å². The van der Waals surface area contributed by atoms with Crippen molar-refractivity contribution in [2.24, 2.45) is 0 Å². The van der Waals surface area contributed by atoms with Crippen molar-refractivity contribution in [3.63, 3.8) is 0 Å². The Bertz CT molecular complexity index is 1200. The molecule has 180 valence electrons. The molecule has 0 amide bonds. The molecule has 0 atom stereocenters. The Morgan fingerprint density at radius 3 is 1.71 bits per heavy atom. The van der Waals surface area contributed by atoms with Crippen LogP contribution in [0.5, 0.6) is 0 Å². The minimum atomic E-state index is -0.944. The van der Waals surface area contributed by atoms with Crippen LogP contribution in [0.2, 0.25) is 0 Å². The molecule has 35 heavy (non-hydrogen) atoms. The molecule has 0 radical (unpaired) electrons. The van der Waals surface area contributed by atoms with Gasteiger partial charge in [-0.3, -0.25) is 0 Å². The van der Waals surface area contributed by atoms with Crippen LogP contribution >= 0.6 is 11.8 Å². The van der Waals surface area contributed by atoms with Gasteiger partial charge in [0.1, 0.15) is 0 Å². The number of halogens is 1. The first-order valence-electron chi connectivity index (χ1n) is 11.7. The molecule has 0 spiro atoms. The third-order valence-corrected chi connectivity index (χ3v) is 9.43. The van der Waals surface area contributed by atoms with Crippen LogP contribution in [0.1, 0.15) is 16.7 Å². The van der Waals surface area contributed by atoms with Crippen molar-refractivity contribution in [1.29, 1.82) is 0 Å². The normalized spacial score (nSPS) is 15.9. The molecule has 0 N–H and O–H groups in total. The molecule has 0 unspecified atom stereocenters. The third-order valence-electron chi connectivity index (χ3n) is 5.73. The van der Waals surface area contributed by atoms with E-state index in [2.05, 4.69) is 104 Å². The Hall–Kier alpha value is -2.16. The SMILES string of the molecule is Cc1ccc([I-]c2ccc(C3(c4ccc(Sc5ccccc5)cc4)OCCOCCO3)cc2)cc1. The van der Waals surface area contributed by atoms with Crippen LogP contribution in [-0.4, -0.2) is 26.4 Å². The second-order valence-corrected chi connectivity index (χ2v) is 12.4. The fourth-order valence-electron chi connectivity index (χ4n) is 3.95. The average Bonchev–Trinajstić information content (AvgIpc) is 2.88. The maximum atomic E-state index is 6.43. The van der Waals surface area contributed by atoms with E-state index in [9.17, 15) is 0 Å². The van der Waals surface area contributed by atoms with E-state index in [-0.39, 0.29) is 21.2 Å². The number of rotatable bonds is 6. The summed E-state index contributed by atoms with van der Waals surface area (Å²) in [6.07, 6.45) is 0. The molecule has 3 nitrogen and oxygen atoms in total. The van der Waals surface area contributed by atoms with E-state index in [1.165, 1.54) is 22.5 Å². The summed E-state index contributed by atoms with van der Waals surface area (Å²) in [4.78, 5) is 2.40. The molecule has 4 aromatic rings. The van der Waals surface area contributed by atoms with E-state index in [0.29, 0.717) is 26.4 Å². The first-order valence-corrected chi connectivity index (χ1v) is 14.7. The zero-order valence-electron chi connectivity index (χ0n) is 19.7. The Labute approximate surface area is 222 Å². The van der Waals surface area contributed by atoms with Crippen molar-refractivity contribution in [2.75, 3.05) is 26.4 Å². The van der Waals surface area contributed by atoms with Gasteiger partial charge < -0.3 is 0 Å². The number of benzene rings is 4. The Balaban J connectivity index is 1.42. The van der Waals surface area contributed by atoms with Crippen molar-refractivity contribution in [2.45, 2.75) is 22.5 Å². The molecule has 0 aromatic heterocycles. The predicted molar refractivity (Wildman–Crippen MR) is 136 cm³/mol. The van der Waals surface area contributed by atoms with Gasteiger partial charge in [0, 0.05) is 0 Å². The van der Waals surface area contributed by atoms with Gasteiger partial charge in [-0.05, 0) is 0 Å². The van der Waals surface area contributed by atoms with Gasteiger partial charge in [-0.1, -0.05) is 18.2 Å². The van der Waals surface area contributed by atoms with Gasteiger partial charge in [-0.15, -0.1) is 0 Å². The summed E-state index contributed by atoms with van der Waals surface area (Å²) in [5.41, 5.74) is 3.31. The molecule has 1 saturated heterocycles. The Morgan fingerprint density at radius 2 is 1.11 bits per heavy atom. The first-order chi connectivity index (χ1) is 17.2. The Kier molecular flexibility index (Phi) is 8.21. The van der Waals surface area contributed by atoms with Gasteiger partial charge in [0.2, 0.25) is 0 Å². The molecule has 4 aromatic carbocycles. The predicted octanol–water partition coefficient (Wildman–Crippen LogP) is 3.54. The van der Waals surface area contributed by atoms with E-state index in [0.717, 1.165) is 11.1 Å². The summed E-state index contributed by atoms with van der Waals surface area (Å²) in [7, 11) is 0. The summed E-state index contributed by atoms with van der Waals surface area (Å²) in [5.74, 6) is -0.944. The first kappa shape index (κ1) is 24.5. The average molecular weight is 596 g/mol. The number of ether oxygens (including phenoxy) is 3. The molecular weight excluding hydrogens is 567 g/mol. The molecule has 5 rings (SSSR count). The summed E-state index contributed by atoms with van der Waals surface area (Å²) < 4.78 is 21.2. The fraction of sp³-hybridized carbons (Fsp3) is 0.200. The van der Waals surface area contributed by atoms with Crippen molar-refractivity contribution < 1.29 is 35.4 Å². The molecular formula is C30H28IO3S-. The van der Waals surface area contributed by atoms with Gasteiger partial charge >= 0.3 is 205 Å². The van der Waals surface area contributed by atoms with Crippen LogP contribution in [0.25, 0.3) is 0 Å². The standard InChI is InChI=1S/C30H28IO3S/c1-23-7-13-26(14-8-23)31-27-15-9-24(10-16-27)30(33-21-19-32-20-22-34-30)25-11-17-29(18-12-25)35-28-5-3-2-4-6-28/h2-18H,19-22H2,1H3/q-1. The van der Waals surface area contributed by atoms with E-state index in [4.69, 9.17) is 14.2 Å². The van der Waals surface area contributed by atoms with Gasteiger partial charge in [-0.25, -0.2) is 0 Å². The topological polar surface area (TPSA) is 27.7 Å². The monoisotopic (exact) mass is 595 g/mol. The summed E-state index contributed by atoms with van der Waals surface area (Å²) in [5, 5.41) is 0. The molecule has 1 aliphatic rings. The van der Waals surface area contributed by atoms with Crippen LogP contribution in [0.4, 0.5) is 0 Å². The summed E-state index contributed by atoms with van der Waals surface area (Å²) >= 11 is 1.52. The number of hydrogen-bond acceptors (Lipinski definition) is 4. The quantitative estimate of drug-likeness (QED) is 0.319. The Morgan fingerprint density at radius 1 is 0.600 bits per heavy atom. The molecule has 1 heterocycles. The van der Waals surface area contributed by atoms with Crippen molar-refractivity contribution >= 4 is 11.8 Å². The van der Waals surface area contributed by atoms with Gasteiger partial charge in [0.05, 0.1) is 0 Å². The van der Waals surface area contributed by atoms with Crippen LogP contribution in [0.15, 0.2) is 113 Å². The van der Waals surface area contributed by atoms with E-state index in [1.807, 2.05) is 6.07 Å². The van der Waals surface area contributed by atoms with Crippen molar-refractivity contribution in [3.05, 3.63) is 127 Å². The van der Waals surface area contributed by atoms with Crippen LogP contribution in [0, 0.1) is 14.1 Å².